The summed E-state index contributed by atoms with van der Waals surface area (Å²) in [5, 5.41) is 3.35. The summed E-state index contributed by atoms with van der Waals surface area (Å²) in [7, 11) is 0. The maximum absolute atomic E-state index is 13.1. The molecule has 17 heavy (non-hydrogen) atoms. The van der Waals surface area contributed by atoms with E-state index in [4.69, 9.17) is 0 Å². The van der Waals surface area contributed by atoms with Gasteiger partial charge < -0.3 is 10.3 Å². The molecular formula is C13H16FN3. The van der Waals surface area contributed by atoms with Gasteiger partial charge in [-0.15, -0.1) is 0 Å². The minimum atomic E-state index is -0.207. The predicted octanol–water partition coefficient (Wildman–Crippen LogP) is 2.56. The van der Waals surface area contributed by atoms with E-state index < -0.39 is 0 Å². The number of imidazole rings is 1. The van der Waals surface area contributed by atoms with Crippen LogP contribution in [0.2, 0.25) is 0 Å². The van der Waals surface area contributed by atoms with Crippen molar-refractivity contribution >= 4 is 0 Å². The fourth-order valence-electron chi connectivity index (χ4n) is 1.96. The van der Waals surface area contributed by atoms with Gasteiger partial charge in [0.2, 0.25) is 0 Å². The third-order valence-electron chi connectivity index (χ3n) is 2.74. The summed E-state index contributed by atoms with van der Waals surface area (Å²) in [6.45, 7) is 4.77. The largest absolute Gasteiger partial charge is 0.347 e. The van der Waals surface area contributed by atoms with Crippen LogP contribution in [0.15, 0.2) is 30.6 Å². The van der Waals surface area contributed by atoms with Crippen molar-refractivity contribution < 1.29 is 4.39 Å². The molecule has 0 radical (unpaired) electrons. The van der Waals surface area contributed by atoms with Crippen LogP contribution in [-0.4, -0.2) is 16.5 Å². The molecule has 0 aliphatic heterocycles. The molecule has 0 spiro atoms. The van der Waals surface area contributed by atoms with E-state index in [-0.39, 0.29) is 11.9 Å². The summed E-state index contributed by atoms with van der Waals surface area (Å²) in [5.41, 5.74) is 1.97. The summed E-state index contributed by atoms with van der Waals surface area (Å²) in [6, 6.07) is 4.81. The molecule has 2 rings (SSSR count). The van der Waals surface area contributed by atoms with Crippen LogP contribution < -0.4 is 5.32 Å². The minimum absolute atomic E-state index is 0.0180. The molecule has 90 valence electrons. The molecule has 0 aliphatic rings. The number of H-pyrrole nitrogens is 1. The normalized spacial score (nSPS) is 12.6. The Morgan fingerprint density at radius 3 is 2.88 bits per heavy atom. The summed E-state index contributed by atoms with van der Waals surface area (Å²) in [5.74, 6) is 0.641. The number of aryl methyl sites for hydroxylation is 1. The molecule has 0 aliphatic carbocycles. The number of nitrogens with one attached hydrogen (secondary N) is 2. The lowest BCUT2D eigenvalue weighted by atomic mass is 10.0. The van der Waals surface area contributed by atoms with Crippen LogP contribution in [0.1, 0.15) is 29.9 Å². The summed E-state index contributed by atoms with van der Waals surface area (Å²) >= 11 is 0. The van der Waals surface area contributed by atoms with E-state index in [9.17, 15) is 4.39 Å². The molecule has 0 bridgehead atoms. The summed E-state index contributed by atoms with van der Waals surface area (Å²) in [6.07, 6.45) is 3.51. The lowest BCUT2D eigenvalue weighted by Crippen LogP contribution is -2.23. The van der Waals surface area contributed by atoms with E-state index in [0.29, 0.717) is 0 Å². The van der Waals surface area contributed by atoms with Crippen molar-refractivity contribution in [3.63, 3.8) is 0 Å². The second-order valence-corrected chi connectivity index (χ2v) is 3.97. The first-order valence-electron chi connectivity index (χ1n) is 5.71. The van der Waals surface area contributed by atoms with Crippen LogP contribution in [0, 0.1) is 12.7 Å². The van der Waals surface area contributed by atoms with Crippen LogP contribution in [0.3, 0.4) is 0 Å². The standard InChI is InChI=1S/C13H16FN3/c1-3-15-12(13-16-6-7-17-13)11-5-4-10(14)8-9(11)2/h4-8,12,15H,3H2,1-2H3,(H,16,17). The molecule has 4 heteroatoms. The van der Waals surface area contributed by atoms with Gasteiger partial charge in [0, 0.05) is 12.4 Å². The van der Waals surface area contributed by atoms with E-state index in [1.807, 2.05) is 13.8 Å². The number of rotatable bonds is 4. The second-order valence-electron chi connectivity index (χ2n) is 3.97. The molecule has 0 saturated carbocycles. The lowest BCUT2D eigenvalue weighted by molar-refractivity contribution is 0.592. The Balaban J connectivity index is 2.39. The average molecular weight is 233 g/mol. The highest BCUT2D eigenvalue weighted by Gasteiger charge is 2.17. The minimum Gasteiger partial charge on any atom is -0.347 e. The Labute approximate surface area is 100 Å². The van der Waals surface area contributed by atoms with Crippen LogP contribution in [0.4, 0.5) is 4.39 Å². The van der Waals surface area contributed by atoms with Gasteiger partial charge >= 0.3 is 0 Å². The van der Waals surface area contributed by atoms with Gasteiger partial charge in [0.15, 0.2) is 0 Å². The SMILES string of the molecule is CCNC(c1ncc[nH]1)c1ccc(F)cc1C. The Bertz CT molecular complexity index is 479. The van der Waals surface area contributed by atoms with Crippen molar-refractivity contribution in [2.24, 2.45) is 0 Å². The number of hydrogen-bond donors (Lipinski definition) is 2. The van der Waals surface area contributed by atoms with E-state index >= 15 is 0 Å². The maximum atomic E-state index is 13.1. The molecule has 2 aromatic rings. The Kier molecular flexibility index (Phi) is 3.54. The number of nitrogens with zero attached hydrogens (tertiary/aromatic N) is 1. The molecule has 0 amide bonds. The van der Waals surface area contributed by atoms with Gasteiger partial charge in [-0.3, -0.25) is 0 Å². The van der Waals surface area contributed by atoms with Gasteiger partial charge in [-0.25, -0.2) is 9.37 Å². The fourth-order valence-corrected chi connectivity index (χ4v) is 1.96. The van der Waals surface area contributed by atoms with Gasteiger partial charge in [0.1, 0.15) is 11.6 Å². The number of halogens is 1. The summed E-state index contributed by atoms with van der Waals surface area (Å²) < 4.78 is 13.1. The van der Waals surface area contributed by atoms with Crippen molar-refractivity contribution in [3.8, 4) is 0 Å². The highest BCUT2D eigenvalue weighted by molar-refractivity contribution is 5.33. The molecule has 0 fully saturated rings. The zero-order valence-electron chi connectivity index (χ0n) is 10.00. The van der Waals surface area contributed by atoms with E-state index in [1.54, 1.807) is 24.5 Å². The van der Waals surface area contributed by atoms with Gasteiger partial charge in [-0.1, -0.05) is 13.0 Å². The smallest absolute Gasteiger partial charge is 0.127 e. The fraction of sp³-hybridized carbons (Fsp3) is 0.308. The maximum Gasteiger partial charge on any atom is 0.127 e. The first-order valence-corrected chi connectivity index (χ1v) is 5.71. The summed E-state index contributed by atoms with van der Waals surface area (Å²) in [4.78, 5) is 7.36. The number of hydrogen-bond acceptors (Lipinski definition) is 2. The van der Waals surface area contributed by atoms with E-state index in [1.165, 1.54) is 6.07 Å². The van der Waals surface area contributed by atoms with Crippen molar-refractivity contribution in [2.75, 3.05) is 6.54 Å². The van der Waals surface area contributed by atoms with Crippen molar-refractivity contribution in [2.45, 2.75) is 19.9 Å². The monoisotopic (exact) mass is 233 g/mol. The first kappa shape index (κ1) is 11.8. The van der Waals surface area contributed by atoms with Crippen molar-refractivity contribution in [1.29, 1.82) is 0 Å². The van der Waals surface area contributed by atoms with Gasteiger partial charge in [-0.05, 0) is 36.7 Å². The Morgan fingerprint density at radius 1 is 1.47 bits per heavy atom. The lowest BCUT2D eigenvalue weighted by Gasteiger charge is -2.18. The zero-order chi connectivity index (χ0) is 12.3. The predicted molar refractivity (Wildman–Crippen MR) is 65.2 cm³/mol. The van der Waals surface area contributed by atoms with Gasteiger partial charge in [0.05, 0.1) is 6.04 Å². The zero-order valence-corrected chi connectivity index (χ0v) is 10.00. The average Bonchev–Trinajstić information content (AvgIpc) is 2.80. The van der Waals surface area contributed by atoms with Gasteiger partial charge in [0.25, 0.3) is 0 Å². The van der Waals surface area contributed by atoms with Crippen molar-refractivity contribution in [3.05, 3.63) is 53.4 Å². The molecule has 1 aromatic carbocycles. The number of aromatic nitrogens is 2. The van der Waals surface area contributed by atoms with Crippen LogP contribution in [0.25, 0.3) is 0 Å². The van der Waals surface area contributed by atoms with Crippen LogP contribution in [-0.2, 0) is 0 Å². The number of aromatic amines is 1. The highest BCUT2D eigenvalue weighted by Crippen LogP contribution is 2.22. The van der Waals surface area contributed by atoms with E-state index in [2.05, 4.69) is 15.3 Å². The molecule has 1 heterocycles. The van der Waals surface area contributed by atoms with Gasteiger partial charge in [-0.2, -0.15) is 0 Å². The van der Waals surface area contributed by atoms with Crippen LogP contribution >= 0.6 is 0 Å². The first-order chi connectivity index (χ1) is 8.22. The Hall–Kier alpha value is -1.68. The Morgan fingerprint density at radius 2 is 2.29 bits per heavy atom. The third kappa shape index (κ3) is 2.53. The molecule has 0 saturated heterocycles. The highest BCUT2D eigenvalue weighted by atomic mass is 19.1. The van der Waals surface area contributed by atoms with E-state index in [0.717, 1.165) is 23.5 Å². The molecule has 1 unspecified atom stereocenters. The molecule has 1 atom stereocenters. The second kappa shape index (κ2) is 5.10. The van der Waals surface area contributed by atoms with Crippen LogP contribution in [0.5, 0.6) is 0 Å². The quantitative estimate of drug-likeness (QED) is 0.852. The van der Waals surface area contributed by atoms with Crippen molar-refractivity contribution in [1.82, 2.24) is 15.3 Å². The molecule has 1 aromatic heterocycles. The number of benzene rings is 1. The molecular weight excluding hydrogens is 217 g/mol. The topological polar surface area (TPSA) is 40.7 Å². The molecule has 3 nitrogen and oxygen atoms in total. The third-order valence-corrected chi connectivity index (χ3v) is 2.74. The molecule has 2 N–H and O–H groups in total.